The number of allylic oxidation sites excluding steroid dienone is 4. The summed E-state index contributed by atoms with van der Waals surface area (Å²) in [5, 5.41) is 28.9. The van der Waals surface area contributed by atoms with Crippen molar-refractivity contribution in [1.29, 1.82) is 0 Å². The number of carbonyl (C=O) groups excluding carboxylic acids is 2. The van der Waals surface area contributed by atoms with Gasteiger partial charge in [-0.3, -0.25) is 9.59 Å². The summed E-state index contributed by atoms with van der Waals surface area (Å²) < 4.78 is 4.93. The van der Waals surface area contributed by atoms with Crippen molar-refractivity contribution in [3.05, 3.63) is 59.1 Å². The molecule has 1 aliphatic carbocycles. The predicted molar refractivity (Wildman–Crippen MR) is 137 cm³/mol. The molecule has 6 nitrogen and oxygen atoms in total. The van der Waals surface area contributed by atoms with Crippen molar-refractivity contribution < 1.29 is 29.6 Å². The zero-order chi connectivity index (χ0) is 25.5. The number of ether oxygens (including phenoxy) is 1. The van der Waals surface area contributed by atoms with Gasteiger partial charge in [-0.1, -0.05) is 50.7 Å². The van der Waals surface area contributed by atoms with Gasteiger partial charge in [-0.05, 0) is 69.1 Å². The minimum atomic E-state index is -0.560. The molecule has 1 aliphatic rings. The average molecular weight is 485 g/mol. The number of hydrogen-bond acceptors (Lipinski definition) is 6. The SMILES string of the molecule is COC1=CC(=O)C(O)=C(CCCCCCCC=CCCCCCCCc2cc(O)cc(O)c2)C1=O. The van der Waals surface area contributed by atoms with Crippen molar-refractivity contribution in [2.45, 2.75) is 89.9 Å². The second kappa shape index (κ2) is 15.8. The number of aryl methyl sites for hydroxylation is 1. The van der Waals surface area contributed by atoms with E-state index >= 15 is 0 Å². The number of phenolic OH excluding ortho intramolecular Hbond substituents is 2. The van der Waals surface area contributed by atoms with E-state index in [0.717, 1.165) is 75.8 Å². The Bertz CT molecular complexity index is 905. The molecule has 0 saturated heterocycles. The van der Waals surface area contributed by atoms with E-state index in [1.54, 1.807) is 12.1 Å². The third-order valence-electron chi connectivity index (χ3n) is 6.26. The van der Waals surface area contributed by atoms with E-state index in [1.807, 2.05) is 0 Å². The maximum atomic E-state index is 12.2. The highest BCUT2D eigenvalue weighted by molar-refractivity contribution is 6.20. The number of ketones is 2. The van der Waals surface area contributed by atoms with Crippen molar-refractivity contribution in [2.75, 3.05) is 7.11 Å². The van der Waals surface area contributed by atoms with Crippen molar-refractivity contribution >= 4 is 11.6 Å². The van der Waals surface area contributed by atoms with Crippen molar-refractivity contribution in [3.63, 3.8) is 0 Å². The van der Waals surface area contributed by atoms with Gasteiger partial charge in [0, 0.05) is 17.7 Å². The van der Waals surface area contributed by atoms with Crippen LogP contribution >= 0.6 is 0 Å². The highest BCUT2D eigenvalue weighted by atomic mass is 16.5. The monoisotopic (exact) mass is 484 g/mol. The molecule has 6 heteroatoms. The third-order valence-corrected chi connectivity index (χ3v) is 6.26. The van der Waals surface area contributed by atoms with Gasteiger partial charge < -0.3 is 20.1 Å². The fraction of sp³-hybridized carbons (Fsp3) is 0.517. The van der Waals surface area contributed by atoms with Crippen LogP contribution in [0.3, 0.4) is 0 Å². The number of Topliss-reactive ketones (excluding diaryl/α,β-unsaturated/α-hetero) is 1. The molecule has 0 spiro atoms. The number of aliphatic hydroxyl groups is 1. The third kappa shape index (κ3) is 10.4. The molecule has 35 heavy (non-hydrogen) atoms. The number of rotatable bonds is 17. The van der Waals surface area contributed by atoms with Gasteiger partial charge in [0.2, 0.25) is 11.6 Å². The van der Waals surface area contributed by atoms with Gasteiger partial charge in [-0.25, -0.2) is 0 Å². The van der Waals surface area contributed by atoms with Gasteiger partial charge in [-0.2, -0.15) is 0 Å². The van der Waals surface area contributed by atoms with Gasteiger partial charge in [-0.15, -0.1) is 0 Å². The van der Waals surface area contributed by atoms with E-state index in [2.05, 4.69) is 12.2 Å². The quantitative estimate of drug-likeness (QED) is 0.128. The fourth-order valence-corrected chi connectivity index (χ4v) is 4.29. The summed E-state index contributed by atoms with van der Waals surface area (Å²) >= 11 is 0. The summed E-state index contributed by atoms with van der Waals surface area (Å²) in [6.07, 6.45) is 20.0. The standard InChI is InChI=1S/C29H40O6/c1-35-27-21-26(32)28(33)25(29(27)34)17-15-13-11-9-7-5-3-2-4-6-8-10-12-14-16-22-18-23(30)20-24(31)19-22/h2-3,18-21,30-31,33H,4-17H2,1H3. The average Bonchev–Trinajstić information content (AvgIpc) is 2.82. The van der Waals surface area contributed by atoms with E-state index in [1.165, 1.54) is 32.4 Å². The molecule has 0 aromatic heterocycles. The van der Waals surface area contributed by atoms with Crippen molar-refractivity contribution in [3.8, 4) is 11.5 Å². The van der Waals surface area contributed by atoms with Crippen LogP contribution < -0.4 is 0 Å². The Labute approximate surface area is 209 Å². The van der Waals surface area contributed by atoms with Gasteiger partial charge in [0.1, 0.15) is 11.5 Å². The van der Waals surface area contributed by atoms with Crippen LogP contribution in [0.4, 0.5) is 0 Å². The topological polar surface area (TPSA) is 104 Å². The molecule has 192 valence electrons. The summed E-state index contributed by atoms with van der Waals surface area (Å²) in [7, 11) is 1.35. The van der Waals surface area contributed by atoms with Gasteiger partial charge in [0.05, 0.1) is 7.11 Å². The molecule has 1 aromatic carbocycles. The normalized spacial score (nSPS) is 14.1. The Morgan fingerprint density at radius 2 is 1.23 bits per heavy atom. The minimum absolute atomic E-state index is 0.00133. The second-order valence-corrected chi connectivity index (χ2v) is 9.18. The molecular formula is C29H40O6. The summed E-state index contributed by atoms with van der Waals surface area (Å²) in [6.45, 7) is 0. The number of hydrogen-bond donors (Lipinski definition) is 3. The molecule has 0 saturated carbocycles. The highest BCUT2D eigenvalue weighted by Gasteiger charge is 2.28. The van der Waals surface area contributed by atoms with Crippen LogP contribution in [0, 0.1) is 0 Å². The molecule has 3 N–H and O–H groups in total. The first kappa shape index (κ1) is 28.2. The first-order valence-electron chi connectivity index (χ1n) is 12.9. The Morgan fingerprint density at radius 3 is 1.80 bits per heavy atom. The maximum absolute atomic E-state index is 12.2. The van der Waals surface area contributed by atoms with Gasteiger partial charge in [0.25, 0.3) is 0 Å². The van der Waals surface area contributed by atoms with Crippen LogP contribution in [0.25, 0.3) is 0 Å². The Hall–Kier alpha value is -3.02. The first-order valence-corrected chi connectivity index (χ1v) is 12.9. The number of aromatic hydroxyl groups is 2. The molecule has 1 aromatic rings. The van der Waals surface area contributed by atoms with Crippen molar-refractivity contribution in [1.82, 2.24) is 0 Å². The first-order chi connectivity index (χ1) is 16.9. The van der Waals surface area contributed by atoms with E-state index in [4.69, 9.17) is 4.74 Å². The molecule has 0 fully saturated rings. The van der Waals surface area contributed by atoms with Crippen LogP contribution in [0.5, 0.6) is 11.5 Å². The zero-order valence-electron chi connectivity index (χ0n) is 20.9. The number of phenols is 2. The van der Waals surface area contributed by atoms with Crippen molar-refractivity contribution in [2.24, 2.45) is 0 Å². The Morgan fingerprint density at radius 1 is 0.714 bits per heavy atom. The lowest BCUT2D eigenvalue weighted by molar-refractivity contribution is -0.119. The largest absolute Gasteiger partial charge is 0.508 e. The number of unbranched alkanes of at least 4 members (excludes halogenated alkanes) is 10. The number of methoxy groups -OCH3 is 1. The van der Waals surface area contributed by atoms with Crippen LogP contribution in [0.1, 0.15) is 89.0 Å². The number of carbonyl (C=O) groups is 2. The lowest BCUT2D eigenvalue weighted by Gasteiger charge is -2.14. The summed E-state index contributed by atoms with van der Waals surface area (Å²) in [5.74, 6) is -1.14. The van der Waals surface area contributed by atoms with E-state index in [-0.39, 0.29) is 28.6 Å². The smallest absolute Gasteiger partial charge is 0.227 e. The fourth-order valence-electron chi connectivity index (χ4n) is 4.29. The van der Waals surface area contributed by atoms with E-state index in [9.17, 15) is 24.9 Å². The van der Waals surface area contributed by atoms with Gasteiger partial charge >= 0.3 is 0 Å². The number of benzene rings is 1. The summed E-state index contributed by atoms with van der Waals surface area (Å²) in [5.41, 5.74) is 1.16. The second-order valence-electron chi connectivity index (χ2n) is 9.18. The molecular weight excluding hydrogens is 444 g/mol. The highest BCUT2D eigenvalue weighted by Crippen LogP contribution is 2.24. The Balaban J connectivity index is 1.41. The van der Waals surface area contributed by atoms with Crippen LogP contribution in [0.15, 0.2) is 53.5 Å². The molecule has 0 unspecified atom stereocenters. The lowest BCUT2D eigenvalue weighted by Crippen LogP contribution is -2.20. The van der Waals surface area contributed by atoms with Crippen LogP contribution in [-0.2, 0) is 20.7 Å². The maximum Gasteiger partial charge on any atom is 0.227 e. The molecule has 2 rings (SSSR count). The Kier molecular flexibility index (Phi) is 12.7. The minimum Gasteiger partial charge on any atom is -0.508 e. The number of aliphatic hydroxyl groups excluding tert-OH is 1. The van der Waals surface area contributed by atoms with E-state index < -0.39 is 11.5 Å². The lowest BCUT2D eigenvalue weighted by atomic mass is 9.94. The zero-order valence-corrected chi connectivity index (χ0v) is 20.9. The van der Waals surface area contributed by atoms with Crippen LogP contribution in [-0.4, -0.2) is 34.0 Å². The molecule has 0 atom stereocenters. The predicted octanol–water partition coefficient (Wildman–Crippen LogP) is 6.76. The summed E-state index contributed by atoms with van der Waals surface area (Å²) in [6, 6.07) is 4.78. The molecule has 0 heterocycles. The summed E-state index contributed by atoms with van der Waals surface area (Å²) in [4.78, 5) is 23.9. The van der Waals surface area contributed by atoms with E-state index in [0.29, 0.717) is 6.42 Å². The van der Waals surface area contributed by atoms with Crippen LogP contribution in [0.2, 0.25) is 0 Å². The molecule has 0 aliphatic heterocycles. The van der Waals surface area contributed by atoms with Gasteiger partial charge in [0.15, 0.2) is 11.5 Å². The molecule has 0 radical (unpaired) electrons. The molecule has 0 bridgehead atoms. The molecule has 0 amide bonds.